The topological polar surface area (TPSA) is 52.6 Å². The first-order valence-electron chi connectivity index (χ1n) is 9.14. The van der Waals surface area contributed by atoms with Crippen molar-refractivity contribution in [2.24, 2.45) is 0 Å². The quantitative estimate of drug-likeness (QED) is 0.873. The summed E-state index contributed by atoms with van der Waals surface area (Å²) in [5.74, 6) is 0. The van der Waals surface area contributed by atoms with Crippen LogP contribution < -0.4 is 10.2 Å². The Hall–Kier alpha value is -2.05. The lowest BCUT2D eigenvalue weighted by Gasteiger charge is -2.24. The van der Waals surface area contributed by atoms with Gasteiger partial charge < -0.3 is 15.1 Å². The van der Waals surface area contributed by atoms with Crippen molar-refractivity contribution in [1.29, 1.82) is 0 Å². The summed E-state index contributed by atoms with van der Waals surface area (Å²) in [6.07, 6.45) is 1.11. The van der Waals surface area contributed by atoms with E-state index in [-0.39, 0.29) is 0 Å². The van der Waals surface area contributed by atoms with Crippen LogP contribution in [-0.2, 0) is 9.84 Å². The molecule has 2 aromatic rings. The molecule has 140 valence electrons. The molecule has 1 fully saturated rings. The van der Waals surface area contributed by atoms with Crippen molar-refractivity contribution < 1.29 is 8.42 Å². The number of nitrogens with zero attached hydrogens (tertiary/aromatic N) is 2. The van der Waals surface area contributed by atoms with Crippen molar-refractivity contribution in [3.05, 3.63) is 48.5 Å². The van der Waals surface area contributed by atoms with E-state index in [0.717, 1.165) is 38.3 Å². The Bertz CT molecular complexity index is 837. The maximum absolute atomic E-state index is 13.1. The Labute approximate surface area is 156 Å². The van der Waals surface area contributed by atoms with E-state index in [1.54, 1.807) is 30.3 Å². The molecule has 0 unspecified atom stereocenters. The Kier molecular flexibility index (Phi) is 5.84. The van der Waals surface area contributed by atoms with Crippen LogP contribution in [0.3, 0.4) is 0 Å². The summed E-state index contributed by atoms with van der Waals surface area (Å²) in [6, 6.07) is 14.3. The zero-order valence-corrected chi connectivity index (χ0v) is 16.3. The first-order valence-corrected chi connectivity index (χ1v) is 10.6. The Balaban J connectivity index is 1.97. The van der Waals surface area contributed by atoms with Gasteiger partial charge in [0.15, 0.2) is 0 Å². The number of anilines is 2. The second-order valence-corrected chi connectivity index (χ2v) is 8.59. The summed E-state index contributed by atoms with van der Waals surface area (Å²) in [4.78, 5) is 5.33. The Morgan fingerprint density at radius 1 is 1.00 bits per heavy atom. The summed E-state index contributed by atoms with van der Waals surface area (Å²) < 4.78 is 26.1. The van der Waals surface area contributed by atoms with E-state index in [2.05, 4.69) is 22.2 Å². The van der Waals surface area contributed by atoms with Gasteiger partial charge in [0.05, 0.1) is 15.5 Å². The monoisotopic (exact) mass is 373 g/mol. The largest absolute Gasteiger partial charge is 0.384 e. The maximum atomic E-state index is 13.1. The molecule has 0 spiro atoms. The van der Waals surface area contributed by atoms with Gasteiger partial charge >= 0.3 is 0 Å². The molecule has 0 radical (unpaired) electrons. The average Bonchev–Trinajstić information content (AvgIpc) is 2.87. The normalized spacial score (nSPS) is 16.3. The van der Waals surface area contributed by atoms with Crippen molar-refractivity contribution in [2.45, 2.75) is 23.1 Å². The number of hydrogen-bond donors (Lipinski definition) is 1. The van der Waals surface area contributed by atoms with Gasteiger partial charge in [-0.1, -0.05) is 18.2 Å². The molecule has 1 aliphatic rings. The van der Waals surface area contributed by atoms with Crippen LogP contribution in [0.2, 0.25) is 0 Å². The number of nitrogens with one attached hydrogen (secondary N) is 1. The molecule has 1 N–H and O–H groups in total. The highest BCUT2D eigenvalue weighted by atomic mass is 32.2. The van der Waals surface area contributed by atoms with Crippen LogP contribution in [0.5, 0.6) is 0 Å². The van der Waals surface area contributed by atoms with Gasteiger partial charge in [0.2, 0.25) is 9.84 Å². The molecule has 2 aromatic carbocycles. The first kappa shape index (κ1) is 18.7. The van der Waals surface area contributed by atoms with Crippen molar-refractivity contribution in [2.75, 3.05) is 50.0 Å². The summed E-state index contributed by atoms with van der Waals surface area (Å²) in [5.41, 5.74) is 1.75. The molecule has 0 atom stereocenters. The molecule has 0 aromatic heterocycles. The van der Waals surface area contributed by atoms with Gasteiger partial charge in [-0.3, -0.25) is 0 Å². The van der Waals surface area contributed by atoms with Gasteiger partial charge in [-0.25, -0.2) is 8.42 Å². The Morgan fingerprint density at radius 3 is 2.50 bits per heavy atom. The smallest absolute Gasteiger partial charge is 0.208 e. The molecule has 5 nitrogen and oxygen atoms in total. The van der Waals surface area contributed by atoms with Gasteiger partial charge in [-0.2, -0.15) is 0 Å². The highest BCUT2D eigenvalue weighted by Crippen LogP contribution is 2.31. The number of likely N-dealkylation sites (N-methyl/N-ethyl adjacent to an activating group) is 1. The number of rotatable bonds is 5. The minimum atomic E-state index is -3.54. The molecule has 0 saturated carbocycles. The molecule has 6 heteroatoms. The molecule has 3 rings (SSSR count). The third-order valence-electron chi connectivity index (χ3n) is 4.76. The maximum Gasteiger partial charge on any atom is 0.208 e. The van der Waals surface area contributed by atoms with E-state index < -0.39 is 9.84 Å². The fraction of sp³-hybridized carbons (Fsp3) is 0.400. The third kappa shape index (κ3) is 4.02. The highest BCUT2D eigenvalue weighted by Gasteiger charge is 2.22. The van der Waals surface area contributed by atoms with Gasteiger partial charge in [0.1, 0.15) is 0 Å². The molecule has 0 bridgehead atoms. The Morgan fingerprint density at radius 2 is 1.77 bits per heavy atom. The van der Waals surface area contributed by atoms with Crippen LogP contribution in [-0.4, -0.2) is 53.1 Å². The highest BCUT2D eigenvalue weighted by molar-refractivity contribution is 7.91. The molecule has 1 aliphatic heterocycles. The summed E-state index contributed by atoms with van der Waals surface area (Å²) in [5, 5.41) is 3.24. The molecule has 0 amide bonds. The van der Waals surface area contributed by atoms with Crippen molar-refractivity contribution in [3.8, 4) is 0 Å². The molecule has 1 saturated heterocycles. The molecular weight excluding hydrogens is 346 g/mol. The van der Waals surface area contributed by atoms with Gasteiger partial charge in [0.25, 0.3) is 0 Å². The van der Waals surface area contributed by atoms with Gasteiger partial charge in [-0.05, 0) is 57.3 Å². The van der Waals surface area contributed by atoms with E-state index in [9.17, 15) is 8.42 Å². The van der Waals surface area contributed by atoms with Crippen molar-refractivity contribution in [1.82, 2.24) is 4.90 Å². The number of benzene rings is 2. The lowest BCUT2D eigenvalue weighted by atomic mass is 10.2. The number of sulfone groups is 1. The predicted molar refractivity (Wildman–Crippen MR) is 107 cm³/mol. The fourth-order valence-electron chi connectivity index (χ4n) is 3.31. The summed E-state index contributed by atoms with van der Waals surface area (Å²) >= 11 is 0. The van der Waals surface area contributed by atoms with Crippen LogP contribution in [0.1, 0.15) is 13.3 Å². The van der Waals surface area contributed by atoms with Crippen LogP contribution in [0.4, 0.5) is 11.4 Å². The molecule has 1 heterocycles. The van der Waals surface area contributed by atoms with Gasteiger partial charge in [-0.15, -0.1) is 0 Å². The second kappa shape index (κ2) is 8.10. The second-order valence-electron chi connectivity index (χ2n) is 6.67. The van der Waals surface area contributed by atoms with E-state index >= 15 is 0 Å². The van der Waals surface area contributed by atoms with E-state index in [0.29, 0.717) is 22.0 Å². The van der Waals surface area contributed by atoms with E-state index in [1.165, 1.54) is 0 Å². The SMILES string of the molecule is CCNc1cc(N2CCCN(C)CC2)ccc1S(=O)(=O)c1ccccc1. The summed E-state index contributed by atoms with van der Waals surface area (Å²) in [7, 11) is -1.40. The lowest BCUT2D eigenvalue weighted by Crippen LogP contribution is -2.28. The van der Waals surface area contributed by atoms with E-state index in [4.69, 9.17) is 0 Å². The minimum Gasteiger partial charge on any atom is -0.384 e. The van der Waals surface area contributed by atoms with Gasteiger partial charge in [0, 0.05) is 31.9 Å². The third-order valence-corrected chi connectivity index (χ3v) is 6.59. The van der Waals surface area contributed by atoms with Crippen molar-refractivity contribution >= 4 is 21.2 Å². The zero-order valence-electron chi connectivity index (χ0n) is 15.5. The fourth-order valence-corrected chi connectivity index (χ4v) is 4.75. The van der Waals surface area contributed by atoms with E-state index in [1.807, 2.05) is 25.1 Å². The van der Waals surface area contributed by atoms with Crippen LogP contribution in [0, 0.1) is 0 Å². The minimum absolute atomic E-state index is 0.323. The standard InChI is InChI=1S/C20H27N3O2S/c1-3-21-19-16-17(23-13-7-12-22(2)14-15-23)10-11-20(19)26(24,25)18-8-5-4-6-9-18/h4-6,8-11,16,21H,3,7,12-15H2,1-2H3. The van der Waals surface area contributed by atoms with Crippen LogP contribution >= 0.6 is 0 Å². The molecule has 0 aliphatic carbocycles. The van der Waals surface area contributed by atoms with Crippen LogP contribution in [0.15, 0.2) is 58.3 Å². The first-order chi connectivity index (χ1) is 12.5. The number of hydrogen-bond acceptors (Lipinski definition) is 5. The van der Waals surface area contributed by atoms with Crippen molar-refractivity contribution in [3.63, 3.8) is 0 Å². The lowest BCUT2D eigenvalue weighted by molar-refractivity contribution is 0.360. The van der Waals surface area contributed by atoms with Crippen LogP contribution in [0.25, 0.3) is 0 Å². The molecular formula is C20H27N3O2S. The molecule has 26 heavy (non-hydrogen) atoms. The summed E-state index contributed by atoms with van der Waals surface area (Å²) in [6.45, 7) is 6.70. The zero-order chi connectivity index (χ0) is 18.6. The average molecular weight is 374 g/mol. The predicted octanol–water partition coefficient (Wildman–Crippen LogP) is 3.09.